The summed E-state index contributed by atoms with van der Waals surface area (Å²) in [5.74, 6) is -0.606. The quantitative estimate of drug-likeness (QED) is 0.847. The van der Waals surface area contributed by atoms with Gasteiger partial charge in [-0.05, 0) is 18.2 Å². The number of hydrogen-bond acceptors (Lipinski definition) is 4. The summed E-state index contributed by atoms with van der Waals surface area (Å²) in [4.78, 5) is 28.0. The highest BCUT2D eigenvalue weighted by atomic mass is 16.5. The average Bonchev–Trinajstić information content (AvgIpc) is 2.38. The number of nitrogens with one attached hydrogen (secondary N) is 1. The molecule has 0 aliphatic carbocycles. The molecule has 0 fully saturated rings. The molecule has 0 spiro atoms. The van der Waals surface area contributed by atoms with E-state index in [-0.39, 0.29) is 11.4 Å². The number of aromatic nitrogens is 2. The zero-order chi connectivity index (χ0) is 13.1. The summed E-state index contributed by atoms with van der Waals surface area (Å²) in [6, 6.07) is 8.17. The molecule has 1 heterocycles. The fourth-order valence-electron chi connectivity index (χ4n) is 1.50. The van der Waals surface area contributed by atoms with Crippen molar-refractivity contribution in [1.29, 1.82) is 0 Å². The number of aromatic amines is 1. The highest BCUT2D eigenvalue weighted by Gasteiger charge is 2.09. The Morgan fingerprint density at radius 1 is 1.39 bits per heavy atom. The molecule has 0 amide bonds. The SMILES string of the molecule is COc1cccc(-c2cc(C(=O)O)[nH]c(=O)n2)c1. The number of rotatable bonds is 3. The lowest BCUT2D eigenvalue weighted by Crippen LogP contribution is -2.16. The molecule has 18 heavy (non-hydrogen) atoms. The van der Waals surface area contributed by atoms with Gasteiger partial charge in [-0.3, -0.25) is 4.98 Å². The van der Waals surface area contributed by atoms with Crippen molar-refractivity contribution in [1.82, 2.24) is 9.97 Å². The van der Waals surface area contributed by atoms with E-state index in [1.54, 1.807) is 24.3 Å². The second-order valence-corrected chi connectivity index (χ2v) is 3.52. The predicted octanol–water partition coefficient (Wildman–Crippen LogP) is 1.14. The highest BCUT2D eigenvalue weighted by Crippen LogP contribution is 2.21. The van der Waals surface area contributed by atoms with Gasteiger partial charge < -0.3 is 9.84 Å². The van der Waals surface area contributed by atoms with Gasteiger partial charge in [-0.2, -0.15) is 4.98 Å². The number of carbonyl (C=O) groups is 1. The third kappa shape index (κ3) is 2.37. The minimum Gasteiger partial charge on any atom is -0.497 e. The van der Waals surface area contributed by atoms with E-state index >= 15 is 0 Å². The van der Waals surface area contributed by atoms with E-state index in [2.05, 4.69) is 9.97 Å². The molecule has 0 aliphatic rings. The number of benzene rings is 1. The second kappa shape index (κ2) is 4.70. The Labute approximate surface area is 102 Å². The number of hydrogen-bond donors (Lipinski definition) is 2. The summed E-state index contributed by atoms with van der Waals surface area (Å²) in [5.41, 5.74) is -0.00135. The standard InChI is InChI=1S/C12H10N2O4/c1-18-8-4-2-3-7(5-8)9-6-10(11(15)16)14-12(17)13-9/h2-6H,1H3,(H,15,16)(H,13,14,17). The van der Waals surface area contributed by atoms with Crippen molar-refractivity contribution in [3.8, 4) is 17.0 Å². The van der Waals surface area contributed by atoms with E-state index < -0.39 is 11.7 Å². The van der Waals surface area contributed by atoms with Crippen molar-refractivity contribution >= 4 is 5.97 Å². The summed E-state index contributed by atoms with van der Waals surface area (Å²) in [6.45, 7) is 0. The van der Waals surface area contributed by atoms with Gasteiger partial charge in [0.15, 0.2) is 0 Å². The van der Waals surface area contributed by atoms with Crippen LogP contribution in [0.5, 0.6) is 5.75 Å². The minimum atomic E-state index is -1.21. The van der Waals surface area contributed by atoms with E-state index in [1.165, 1.54) is 13.2 Å². The van der Waals surface area contributed by atoms with Crippen molar-refractivity contribution in [3.05, 3.63) is 46.5 Å². The molecular formula is C12H10N2O4. The van der Waals surface area contributed by atoms with Crippen LogP contribution >= 0.6 is 0 Å². The van der Waals surface area contributed by atoms with Crippen LogP contribution in [0.4, 0.5) is 0 Å². The first-order chi connectivity index (χ1) is 8.60. The number of carboxylic acid groups (broad SMARTS) is 1. The maximum absolute atomic E-state index is 11.3. The molecule has 0 radical (unpaired) electrons. The van der Waals surface area contributed by atoms with Gasteiger partial charge in [-0.15, -0.1) is 0 Å². The van der Waals surface area contributed by atoms with Crippen molar-refractivity contribution in [2.75, 3.05) is 7.11 Å². The minimum absolute atomic E-state index is 0.201. The Balaban J connectivity index is 2.56. The van der Waals surface area contributed by atoms with Crippen molar-refractivity contribution < 1.29 is 14.6 Å². The van der Waals surface area contributed by atoms with Crippen LogP contribution in [0.15, 0.2) is 35.1 Å². The van der Waals surface area contributed by atoms with Crippen LogP contribution in [-0.4, -0.2) is 28.2 Å². The lowest BCUT2D eigenvalue weighted by molar-refractivity contribution is 0.0690. The molecule has 0 bridgehead atoms. The number of methoxy groups -OCH3 is 1. The van der Waals surface area contributed by atoms with Crippen LogP contribution in [0.3, 0.4) is 0 Å². The Morgan fingerprint density at radius 3 is 2.83 bits per heavy atom. The van der Waals surface area contributed by atoms with Gasteiger partial charge in [0.1, 0.15) is 11.4 Å². The lowest BCUT2D eigenvalue weighted by Gasteiger charge is -2.04. The molecule has 0 atom stereocenters. The van der Waals surface area contributed by atoms with E-state index in [0.717, 1.165) is 0 Å². The van der Waals surface area contributed by atoms with Crippen LogP contribution in [0, 0.1) is 0 Å². The Morgan fingerprint density at radius 2 is 2.17 bits per heavy atom. The largest absolute Gasteiger partial charge is 0.497 e. The van der Waals surface area contributed by atoms with E-state index in [1.807, 2.05) is 0 Å². The summed E-state index contributed by atoms with van der Waals surface area (Å²) in [7, 11) is 1.52. The molecule has 6 nitrogen and oxygen atoms in total. The van der Waals surface area contributed by atoms with Gasteiger partial charge in [0.25, 0.3) is 0 Å². The maximum atomic E-state index is 11.3. The number of aromatic carboxylic acids is 1. The Kier molecular flexibility index (Phi) is 3.09. The van der Waals surface area contributed by atoms with Gasteiger partial charge in [0.05, 0.1) is 12.8 Å². The summed E-state index contributed by atoms with van der Waals surface area (Å²) in [5, 5.41) is 8.86. The third-order valence-corrected chi connectivity index (χ3v) is 2.34. The number of carboxylic acids is 1. The molecule has 1 aromatic carbocycles. The first-order valence-electron chi connectivity index (χ1n) is 5.09. The van der Waals surface area contributed by atoms with Crippen molar-refractivity contribution in [3.63, 3.8) is 0 Å². The van der Waals surface area contributed by atoms with Crippen molar-refractivity contribution in [2.24, 2.45) is 0 Å². The first kappa shape index (κ1) is 11.8. The number of H-pyrrole nitrogens is 1. The second-order valence-electron chi connectivity index (χ2n) is 3.52. The fourth-order valence-corrected chi connectivity index (χ4v) is 1.50. The molecule has 0 aliphatic heterocycles. The van der Waals surface area contributed by atoms with Gasteiger partial charge in [-0.1, -0.05) is 12.1 Å². The predicted molar refractivity (Wildman–Crippen MR) is 63.8 cm³/mol. The molecule has 2 rings (SSSR count). The summed E-state index contributed by atoms with van der Waals surface area (Å²) < 4.78 is 5.05. The van der Waals surface area contributed by atoms with Crippen LogP contribution in [0.2, 0.25) is 0 Å². The summed E-state index contributed by atoms with van der Waals surface area (Å²) >= 11 is 0. The maximum Gasteiger partial charge on any atom is 0.352 e. The molecule has 0 saturated heterocycles. The number of ether oxygens (including phenoxy) is 1. The first-order valence-corrected chi connectivity index (χ1v) is 5.09. The molecule has 2 N–H and O–H groups in total. The van der Waals surface area contributed by atoms with Crippen LogP contribution in [0.1, 0.15) is 10.5 Å². The van der Waals surface area contributed by atoms with Gasteiger partial charge >= 0.3 is 11.7 Å². The molecular weight excluding hydrogens is 236 g/mol. The zero-order valence-electron chi connectivity index (χ0n) is 9.51. The molecule has 92 valence electrons. The lowest BCUT2D eigenvalue weighted by atomic mass is 10.1. The highest BCUT2D eigenvalue weighted by molar-refractivity contribution is 5.86. The van der Waals surface area contributed by atoms with Crippen LogP contribution in [-0.2, 0) is 0 Å². The smallest absolute Gasteiger partial charge is 0.352 e. The van der Waals surface area contributed by atoms with E-state index in [4.69, 9.17) is 9.84 Å². The monoisotopic (exact) mass is 246 g/mol. The molecule has 1 aromatic heterocycles. The normalized spacial score (nSPS) is 10.1. The van der Waals surface area contributed by atoms with Gasteiger partial charge in [0, 0.05) is 5.56 Å². The Bertz CT molecular complexity index is 649. The van der Waals surface area contributed by atoms with Gasteiger partial charge in [-0.25, -0.2) is 9.59 Å². The molecule has 2 aromatic rings. The third-order valence-electron chi connectivity index (χ3n) is 2.34. The summed E-state index contributed by atoms with van der Waals surface area (Å²) in [6.07, 6.45) is 0. The van der Waals surface area contributed by atoms with Crippen molar-refractivity contribution in [2.45, 2.75) is 0 Å². The van der Waals surface area contributed by atoms with E-state index in [9.17, 15) is 9.59 Å². The van der Waals surface area contributed by atoms with Crippen LogP contribution < -0.4 is 10.4 Å². The topological polar surface area (TPSA) is 92.3 Å². The average molecular weight is 246 g/mol. The molecule has 0 saturated carbocycles. The fraction of sp³-hybridized carbons (Fsp3) is 0.0833. The van der Waals surface area contributed by atoms with E-state index in [0.29, 0.717) is 11.3 Å². The molecule has 6 heteroatoms. The van der Waals surface area contributed by atoms with Crippen LogP contribution in [0.25, 0.3) is 11.3 Å². The number of nitrogens with zero attached hydrogens (tertiary/aromatic N) is 1. The van der Waals surface area contributed by atoms with Gasteiger partial charge in [0.2, 0.25) is 0 Å². The Hall–Kier alpha value is -2.63. The zero-order valence-corrected chi connectivity index (χ0v) is 9.51. The molecule has 0 unspecified atom stereocenters.